The van der Waals surface area contributed by atoms with E-state index in [0.29, 0.717) is 5.92 Å². The Morgan fingerprint density at radius 1 is 1.39 bits per heavy atom. The highest BCUT2D eigenvalue weighted by Gasteiger charge is 2.18. The molecule has 0 aliphatic rings. The lowest BCUT2D eigenvalue weighted by Gasteiger charge is -2.27. The van der Waals surface area contributed by atoms with Crippen LogP contribution >= 0.6 is 0 Å². The van der Waals surface area contributed by atoms with E-state index in [2.05, 4.69) is 31.1 Å². The fourth-order valence-electron chi connectivity index (χ4n) is 2.01. The average Bonchev–Trinajstić information content (AvgIpc) is 2.35. The molecule has 0 aromatic carbocycles. The molecule has 0 aliphatic carbocycles. The zero-order valence-electron chi connectivity index (χ0n) is 11.4. The Morgan fingerprint density at radius 2 is 2.11 bits per heavy atom. The van der Waals surface area contributed by atoms with Crippen molar-refractivity contribution in [3.63, 3.8) is 0 Å². The fourth-order valence-corrected chi connectivity index (χ4v) is 2.01. The fraction of sp³-hybridized carbons (Fsp3) is 0.643. The molecule has 18 heavy (non-hydrogen) atoms. The first-order valence-corrected chi connectivity index (χ1v) is 6.56. The molecule has 0 amide bonds. The van der Waals surface area contributed by atoms with Crippen LogP contribution in [0.4, 0.5) is 4.39 Å². The molecule has 102 valence electrons. The first-order chi connectivity index (χ1) is 8.58. The Balaban J connectivity index is 2.73. The number of aliphatic hydroxyl groups is 1. The minimum Gasteiger partial charge on any atom is -0.396 e. The normalized spacial score (nSPS) is 14.8. The van der Waals surface area contributed by atoms with Crippen molar-refractivity contribution in [2.24, 2.45) is 5.92 Å². The third-order valence-electron chi connectivity index (χ3n) is 3.18. The van der Waals surface area contributed by atoms with E-state index in [1.165, 1.54) is 12.3 Å². The van der Waals surface area contributed by atoms with Gasteiger partial charge in [-0.2, -0.15) is 0 Å². The summed E-state index contributed by atoms with van der Waals surface area (Å²) in [4.78, 5) is 4.12. The maximum Gasteiger partial charge on any atom is 0.141 e. The number of rotatable bonds is 7. The first-order valence-electron chi connectivity index (χ1n) is 6.56. The molecule has 0 aliphatic heterocycles. The molecule has 2 N–H and O–H groups in total. The Bertz CT molecular complexity index is 340. The lowest BCUT2D eigenvalue weighted by Crippen LogP contribution is -2.37. The molecule has 2 atom stereocenters. The molecule has 1 rings (SSSR count). The number of nitrogens with one attached hydrogen (secondary N) is 1. The highest BCUT2D eigenvalue weighted by molar-refractivity contribution is 5.10. The van der Waals surface area contributed by atoms with Gasteiger partial charge in [-0.3, -0.25) is 4.98 Å². The van der Waals surface area contributed by atoms with E-state index in [9.17, 15) is 4.39 Å². The van der Waals surface area contributed by atoms with Gasteiger partial charge in [0, 0.05) is 18.7 Å². The van der Waals surface area contributed by atoms with Crippen LogP contribution in [0.15, 0.2) is 18.3 Å². The monoisotopic (exact) mass is 254 g/mol. The molecule has 3 nitrogen and oxygen atoms in total. The van der Waals surface area contributed by atoms with Gasteiger partial charge in [-0.25, -0.2) is 4.39 Å². The van der Waals surface area contributed by atoms with Crippen LogP contribution in [0.3, 0.4) is 0 Å². The summed E-state index contributed by atoms with van der Waals surface area (Å²) >= 11 is 0. The number of hydrogen-bond acceptors (Lipinski definition) is 3. The van der Waals surface area contributed by atoms with Crippen molar-refractivity contribution in [1.82, 2.24) is 10.3 Å². The summed E-state index contributed by atoms with van der Waals surface area (Å²) in [6.07, 6.45) is 2.85. The zero-order chi connectivity index (χ0) is 13.5. The standard InChI is InChI=1S/C14H23FN2O/c1-4-12(14-6-5-11(15)9-16-14)17-13(7-8-18)10(2)3/h5-6,9-10,12-13,17-18H,4,7-8H2,1-3H3. The molecule has 0 spiro atoms. The third-order valence-corrected chi connectivity index (χ3v) is 3.18. The summed E-state index contributed by atoms with van der Waals surface area (Å²) in [5.74, 6) is 0.121. The Labute approximate surface area is 108 Å². The van der Waals surface area contributed by atoms with Crippen molar-refractivity contribution in [2.45, 2.75) is 45.7 Å². The molecule has 1 heterocycles. The van der Waals surface area contributed by atoms with E-state index < -0.39 is 0 Å². The van der Waals surface area contributed by atoms with Gasteiger partial charge in [0.25, 0.3) is 0 Å². The van der Waals surface area contributed by atoms with E-state index in [0.717, 1.165) is 18.5 Å². The quantitative estimate of drug-likeness (QED) is 0.786. The summed E-state index contributed by atoms with van der Waals surface area (Å²) in [5.41, 5.74) is 0.850. The molecular formula is C14H23FN2O. The van der Waals surface area contributed by atoms with Crippen LogP contribution in [-0.4, -0.2) is 22.7 Å². The van der Waals surface area contributed by atoms with Gasteiger partial charge in [0.2, 0.25) is 0 Å². The smallest absolute Gasteiger partial charge is 0.141 e. The lowest BCUT2D eigenvalue weighted by atomic mass is 9.98. The van der Waals surface area contributed by atoms with Gasteiger partial charge in [-0.15, -0.1) is 0 Å². The molecule has 0 bridgehead atoms. The minimum absolute atomic E-state index is 0.101. The van der Waals surface area contributed by atoms with Crippen molar-refractivity contribution < 1.29 is 9.50 Å². The maximum atomic E-state index is 12.8. The van der Waals surface area contributed by atoms with Crippen molar-refractivity contribution in [3.05, 3.63) is 29.8 Å². The van der Waals surface area contributed by atoms with Crippen LogP contribution in [0.5, 0.6) is 0 Å². The highest BCUT2D eigenvalue weighted by Crippen LogP contribution is 2.18. The van der Waals surface area contributed by atoms with Gasteiger partial charge >= 0.3 is 0 Å². The second-order valence-corrected chi connectivity index (χ2v) is 4.89. The van der Waals surface area contributed by atoms with Crippen molar-refractivity contribution >= 4 is 0 Å². The van der Waals surface area contributed by atoms with Gasteiger partial charge in [0.05, 0.1) is 11.9 Å². The highest BCUT2D eigenvalue weighted by atomic mass is 19.1. The summed E-state index contributed by atoms with van der Waals surface area (Å²) in [6, 6.07) is 3.49. The second kappa shape index (κ2) is 7.44. The predicted octanol–water partition coefficient (Wildman–Crippen LogP) is 2.67. The number of nitrogens with zero attached hydrogens (tertiary/aromatic N) is 1. The first kappa shape index (κ1) is 15.1. The molecule has 0 saturated carbocycles. The molecule has 2 unspecified atom stereocenters. The molecule has 0 fully saturated rings. The van der Waals surface area contributed by atoms with E-state index in [4.69, 9.17) is 5.11 Å². The maximum absolute atomic E-state index is 12.8. The molecule has 0 radical (unpaired) electrons. The van der Waals surface area contributed by atoms with Crippen LogP contribution in [0, 0.1) is 11.7 Å². The number of aromatic nitrogens is 1. The van der Waals surface area contributed by atoms with Gasteiger partial charge in [0.15, 0.2) is 0 Å². The number of hydrogen-bond donors (Lipinski definition) is 2. The Hall–Kier alpha value is -1.00. The van der Waals surface area contributed by atoms with Crippen LogP contribution < -0.4 is 5.32 Å². The molecule has 4 heteroatoms. The summed E-state index contributed by atoms with van der Waals surface area (Å²) in [6.45, 7) is 6.48. The van der Waals surface area contributed by atoms with Gasteiger partial charge in [-0.05, 0) is 30.9 Å². The average molecular weight is 254 g/mol. The lowest BCUT2D eigenvalue weighted by molar-refractivity contribution is 0.233. The Morgan fingerprint density at radius 3 is 2.56 bits per heavy atom. The summed E-state index contributed by atoms with van der Waals surface area (Å²) in [5, 5.41) is 12.6. The van der Waals surface area contributed by atoms with Crippen molar-refractivity contribution in [3.8, 4) is 0 Å². The van der Waals surface area contributed by atoms with E-state index in [1.54, 1.807) is 6.07 Å². The largest absolute Gasteiger partial charge is 0.396 e. The minimum atomic E-state index is -0.315. The predicted molar refractivity (Wildman–Crippen MR) is 70.7 cm³/mol. The van der Waals surface area contributed by atoms with Crippen LogP contribution in [0.2, 0.25) is 0 Å². The summed E-state index contributed by atoms with van der Waals surface area (Å²) < 4.78 is 12.8. The van der Waals surface area contributed by atoms with Crippen LogP contribution in [-0.2, 0) is 0 Å². The molecule has 1 aromatic rings. The third kappa shape index (κ3) is 4.35. The molecular weight excluding hydrogens is 231 g/mol. The van der Waals surface area contributed by atoms with Gasteiger partial charge in [-0.1, -0.05) is 20.8 Å². The molecule has 1 aromatic heterocycles. The van der Waals surface area contributed by atoms with E-state index in [1.807, 2.05) is 0 Å². The SMILES string of the molecule is CCC(NC(CCO)C(C)C)c1ccc(F)cn1. The topological polar surface area (TPSA) is 45.1 Å². The van der Waals surface area contributed by atoms with E-state index in [-0.39, 0.29) is 24.5 Å². The van der Waals surface area contributed by atoms with Crippen molar-refractivity contribution in [1.29, 1.82) is 0 Å². The number of halogens is 1. The Kier molecular flexibility index (Phi) is 6.22. The summed E-state index contributed by atoms with van der Waals surface area (Å²) in [7, 11) is 0. The van der Waals surface area contributed by atoms with Crippen molar-refractivity contribution in [2.75, 3.05) is 6.61 Å². The van der Waals surface area contributed by atoms with E-state index >= 15 is 0 Å². The van der Waals surface area contributed by atoms with Crippen LogP contribution in [0.1, 0.15) is 45.3 Å². The zero-order valence-corrected chi connectivity index (χ0v) is 11.4. The number of aliphatic hydroxyl groups excluding tert-OH is 1. The second-order valence-electron chi connectivity index (χ2n) is 4.89. The van der Waals surface area contributed by atoms with Gasteiger partial charge < -0.3 is 10.4 Å². The molecule has 0 saturated heterocycles. The van der Waals surface area contributed by atoms with Gasteiger partial charge in [0.1, 0.15) is 5.82 Å². The number of pyridine rings is 1. The van der Waals surface area contributed by atoms with Crippen LogP contribution in [0.25, 0.3) is 0 Å².